The fraction of sp³-hybridized carbons (Fsp3) is 0.818. The van der Waals surface area contributed by atoms with Crippen molar-refractivity contribution in [2.75, 3.05) is 26.2 Å². The minimum atomic E-state index is -1.06. The van der Waals surface area contributed by atoms with Crippen LogP contribution in [0, 0.1) is 17.8 Å². The fourth-order valence-corrected chi connectivity index (χ4v) is 2.23. The highest BCUT2D eigenvalue weighted by molar-refractivity contribution is 5.80. The SMILES string of the molecule is CC(CO)CN1CCC(C(=O)O)C(C(=O)O)C1. The van der Waals surface area contributed by atoms with Crippen LogP contribution < -0.4 is 0 Å². The maximum atomic E-state index is 11.0. The molecule has 0 radical (unpaired) electrons. The molecule has 0 aromatic rings. The Morgan fingerprint density at radius 2 is 1.88 bits per heavy atom. The number of piperidine rings is 1. The molecule has 98 valence electrons. The molecular weight excluding hydrogens is 226 g/mol. The van der Waals surface area contributed by atoms with E-state index in [1.165, 1.54) is 0 Å². The first-order chi connectivity index (χ1) is 7.95. The molecule has 6 nitrogen and oxygen atoms in total. The second kappa shape index (κ2) is 5.97. The van der Waals surface area contributed by atoms with Gasteiger partial charge in [-0.25, -0.2) is 0 Å². The lowest BCUT2D eigenvalue weighted by atomic mass is 9.85. The van der Waals surface area contributed by atoms with E-state index in [0.29, 0.717) is 19.5 Å². The Morgan fingerprint density at radius 1 is 1.29 bits per heavy atom. The van der Waals surface area contributed by atoms with Crippen molar-refractivity contribution in [2.24, 2.45) is 17.8 Å². The van der Waals surface area contributed by atoms with Crippen LogP contribution in [0.5, 0.6) is 0 Å². The summed E-state index contributed by atoms with van der Waals surface area (Å²) < 4.78 is 0. The van der Waals surface area contributed by atoms with E-state index in [1.807, 2.05) is 11.8 Å². The summed E-state index contributed by atoms with van der Waals surface area (Å²) in [6.07, 6.45) is 0.352. The number of aliphatic carboxylic acids is 2. The van der Waals surface area contributed by atoms with Crippen molar-refractivity contribution in [1.29, 1.82) is 0 Å². The average Bonchev–Trinajstić information content (AvgIpc) is 2.28. The Bertz CT molecular complexity index is 294. The standard InChI is InChI=1S/C11H19NO5/c1-7(6-13)4-12-3-2-8(10(14)15)9(5-12)11(16)17/h7-9,13H,2-6H2,1H3,(H,14,15)(H,16,17). The van der Waals surface area contributed by atoms with Gasteiger partial charge in [-0.15, -0.1) is 0 Å². The maximum Gasteiger partial charge on any atom is 0.308 e. The molecule has 0 spiro atoms. The van der Waals surface area contributed by atoms with Gasteiger partial charge in [0.1, 0.15) is 0 Å². The van der Waals surface area contributed by atoms with E-state index in [9.17, 15) is 9.59 Å². The highest BCUT2D eigenvalue weighted by Gasteiger charge is 2.38. The van der Waals surface area contributed by atoms with Gasteiger partial charge in [0.2, 0.25) is 0 Å². The third kappa shape index (κ3) is 3.67. The predicted octanol–water partition coefficient (Wildman–Crippen LogP) is -0.278. The van der Waals surface area contributed by atoms with Gasteiger partial charge in [-0.05, 0) is 18.9 Å². The molecule has 1 saturated heterocycles. The first-order valence-electron chi connectivity index (χ1n) is 5.74. The van der Waals surface area contributed by atoms with Gasteiger partial charge in [0.05, 0.1) is 11.8 Å². The molecule has 1 fully saturated rings. The van der Waals surface area contributed by atoms with Crippen LogP contribution >= 0.6 is 0 Å². The average molecular weight is 245 g/mol. The van der Waals surface area contributed by atoms with Crippen LogP contribution in [-0.4, -0.2) is 58.4 Å². The van der Waals surface area contributed by atoms with Crippen molar-refractivity contribution >= 4 is 11.9 Å². The highest BCUT2D eigenvalue weighted by atomic mass is 16.4. The Hall–Kier alpha value is -1.14. The van der Waals surface area contributed by atoms with E-state index in [-0.39, 0.29) is 19.1 Å². The molecule has 0 bridgehead atoms. The highest BCUT2D eigenvalue weighted by Crippen LogP contribution is 2.24. The number of rotatable bonds is 5. The van der Waals surface area contributed by atoms with Gasteiger partial charge >= 0.3 is 11.9 Å². The van der Waals surface area contributed by atoms with E-state index in [0.717, 1.165) is 0 Å². The summed E-state index contributed by atoms with van der Waals surface area (Å²) in [6, 6.07) is 0. The molecule has 0 aromatic carbocycles. The number of hydrogen-bond acceptors (Lipinski definition) is 4. The molecule has 0 aliphatic carbocycles. The largest absolute Gasteiger partial charge is 0.481 e. The fourth-order valence-electron chi connectivity index (χ4n) is 2.23. The summed E-state index contributed by atoms with van der Waals surface area (Å²) >= 11 is 0. The van der Waals surface area contributed by atoms with Crippen LogP contribution in [0.25, 0.3) is 0 Å². The number of aliphatic hydroxyl groups is 1. The van der Waals surface area contributed by atoms with Crippen LogP contribution in [0.4, 0.5) is 0 Å². The van der Waals surface area contributed by atoms with E-state index >= 15 is 0 Å². The van der Waals surface area contributed by atoms with Gasteiger partial charge in [-0.3, -0.25) is 9.59 Å². The van der Waals surface area contributed by atoms with Gasteiger partial charge < -0.3 is 20.2 Å². The minimum Gasteiger partial charge on any atom is -0.481 e. The molecule has 0 saturated carbocycles. The molecule has 1 heterocycles. The smallest absolute Gasteiger partial charge is 0.308 e. The molecule has 0 aromatic heterocycles. The number of aliphatic hydroxyl groups excluding tert-OH is 1. The third-order valence-corrected chi connectivity index (χ3v) is 3.21. The number of carboxylic acid groups (broad SMARTS) is 2. The number of hydrogen-bond donors (Lipinski definition) is 3. The number of likely N-dealkylation sites (tertiary alicyclic amines) is 1. The minimum absolute atomic E-state index is 0.0522. The van der Waals surface area contributed by atoms with Crippen LogP contribution in [0.1, 0.15) is 13.3 Å². The molecule has 6 heteroatoms. The zero-order valence-corrected chi connectivity index (χ0v) is 9.87. The quantitative estimate of drug-likeness (QED) is 0.616. The molecule has 1 aliphatic heterocycles. The van der Waals surface area contributed by atoms with E-state index < -0.39 is 23.8 Å². The lowest BCUT2D eigenvalue weighted by Crippen LogP contribution is -2.47. The molecule has 3 unspecified atom stereocenters. The normalized spacial score (nSPS) is 27.6. The van der Waals surface area contributed by atoms with Crippen molar-refractivity contribution < 1.29 is 24.9 Å². The number of nitrogens with zero attached hydrogens (tertiary/aromatic N) is 1. The van der Waals surface area contributed by atoms with Crippen molar-refractivity contribution in [1.82, 2.24) is 4.90 Å². The molecule has 0 amide bonds. The van der Waals surface area contributed by atoms with Crippen molar-refractivity contribution in [3.05, 3.63) is 0 Å². The predicted molar refractivity (Wildman–Crippen MR) is 59.6 cm³/mol. The zero-order valence-electron chi connectivity index (χ0n) is 9.87. The summed E-state index contributed by atoms with van der Waals surface area (Å²) in [6.45, 7) is 3.35. The van der Waals surface area contributed by atoms with Gasteiger partial charge in [0.15, 0.2) is 0 Å². The van der Waals surface area contributed by atoms with Crippen LogP contribution in [0.3, 0.4) is 0 Å². The summed E-state index contributed by atoms with van der Waals surface area (Å²) in [7, 11) is 0. The van der Waals surface area contributed by atoms with Crippen LogP contribution in [0.15, 0.2) is 0 Å². The molecule has 17 heavy (non-hydrogen) atoms. The van der Waals surface area contributed by atoms with Gasteiger partial charge in [-0.2, -0.15) is 0 Å². The van der Waals surface area contributed by atoms with E-state index in [1.54, 1.807) is 0 Å². The Labute approximate surface area is 99.8 Å². The molecule has 1 rings (SSSR count). The van der Waals surface area contributed by atoms with Crippen molar-refractivity contribution in [2.45, 2.75) is 13.3 Å². The molecular formula is C11H19NO5. The van der Waals surface area contributed by atoms with Gasteiger partial charge in [-0.1, -0.05) is 6.92 Å². The monoisotopic (exact) mass is 245 g/mol. The second-order valence-corrected chi connectivity index (χ2v) is 4.73. The third-order valence-electron chi connectivity index (χ3n) is 3.21. The van der Waals surface area contributed by atoms with E-state index in [2.05, 4.69) is 0 Å². The lowest BCUT2D eigenvalue weighted by Gasteiger charge is -2.35. The molecule has 3 N–H and O–H groups in total. The first-order valence-corrected chi connectivity index (χ1v) is 5.74. The zero-order chi connectivity index (χ0) is 13.0. The summed E-state index contributed by atoms with van der Waals surface area (Å²) in [5.74, 6) is -3.67. The molecule has 3 atom stereocenters. The summed E-state index contributed by atoms with van der Waals surface area (Å²) in [5, 5.41) is 26.9. The topological polar surface area (TPSA) is 98.1 Å². The number of carbonyl (C=O) groups is 2. The Balaban J connectivity index is 2.62. The van der Waals surface area contributed by atoms with Crippen LogP contribution in [0.2, 0.25) is 0 Å². The molecule has 1 aliphatic rings. The van der Waals surface area contributed by atoms with E-state index in [4.69, 9.17) is 15.3 Å². The van der Waals surface area contributed by atoms with Crippen molar-refractivity contribution in [3.8, 4) is 0 Å². The maximum absolute atomic E-state index is 11.0. The first kappa shape index (κ1) is 13.9. The lowest BCUT2D eigenvalue weighted by molar-refractivity contribution is -0.157. The Morgan fingerprint density at radius 3 is 2.35 bits per heavy atom. The summed E-state index contributed by atoms with van der Waals surface area (Å²) in [4.78, 5) is 23.9. The van der Waals surface area contributed by atoms with Gasteiger partial charge in [0, 0.05) is 19.7 Å². The second-order valence-electron chi connectivity index (χ2n) is 4.73. The summed E-state index contributed by atoms with van der Waals surface area (Å²) in [5.41, 5.74) is 0. The van der Waals surface area contributed by atoms with Crippen molar-refractivity contribution in [3.63, 3.8) is 0 Å². The van der Waals surface area contributed by atoms with Gasteiger partial charge in [0.25, 0.3) is 0 Å². The van der Waals surface area contributed by atoms with Crippen LogP contribution in [-0.2, 0) is 9.59 Å². The number of carboxylic acids is 2. The Kier molecular flexibility index (Phi) is 4.89.